The first-order chi connectivity index (χ1) is 19.7. The number of unbranched alkanes of at least 4 members (excludes halogenated alkanes) is 3. The number of aliphatic hydroxyl groups is 1. The molecule has 3 rings (SSSR count). The van der Waals surface area contributed by atoms with Crippen LogP contribution in [0.5, 0.6) is 0 Å². The Kier molecular flexibility index (Phi) is 12.4. The first-order valence-electron chi connectivity index (χ1n) is 14.9. The molecule has 3 heterocycles. The maximum atomic E-state index is 14.2. The highest BCUT2D eigenvalue weighted by atomic mass is 79.9. The van der Waals surface area contributed by atoms with E-state index in [1.165, 1.54) is 0 Å². The Hall–Kier alpha value is -2.24. The molecular weight excluding hydrogens is 594 g/mol. The van der Waals surface area contributed by atoms with E-state index < -0.39 is 41.7 Å². The number of esters is 1. The van der Waals surface area contributed by atoms with Gasteiger partial charge in [0.15, 0.2) is 0 Å². The number of allylic oxidation sites excluding steroid dienone is 1. The van der Waals surface area contributed by atoms with Crippen LogP contribution < -0.4 is 5.32 Å². The molecule has 10 nitrogen and oxygen atoms in total. The van der Waals surface area contributed by atoms with E-state index in [0.29, 0.717) is 45.2 Å². The van der Waals surface area contributed by atoms with Gasteiger partial charge in [0, 0.05) is 37.5 Å². The molecule has 3 aliphatic heterocycles. The predicted octanol–water partition coefficient (Wildman–Crippen LogP) is 2.73. The van der Waals surface area contributed by atoms with E-state index in [9.17, 15) is 24.3 Å². The molecule has 0 aliphatic carbocycles. The van der Waals surface area contributed by atoms with Crippen LogP contribution in [0.4, 0.5) is 0 Å². The second-order valence-electron chi connectivity index (χ2n) is 11.3. The van der Waals surface area contributed by atoms with Gasteiger partial charge in [-0.05, 0) is 39.0 Å². The highest BCUT2D eigenvalue weighted by Crippen LogP contribution is 2.60. The van der Waals surface area contributed by atoms with Crippen LogP contribution in [0.1, 0.15) is 65.2 Å². The van der Waals surface area contributed by atoms with Crippen molar-refractivity contribution in [2.45, 2.75) is 93.9 Å². The zero-order chi connectivity index (χ0) is 30.2. The highest BCUT2D eigenvalue weighted by Gasteiger charge is 2.77. The number of halogens is 1. The second kappa shape index (κ2) is 15.3. The maximum absolute atomic E-state index is 14.2. The van der Waals surface area contributed by atoms with Gasteiger partial charge in [0.25, 0.3) is 0 Å². The van der Waals surface area contributed by atoms with Crippen molar-refractivity contribution in [1.29, 1.82) is 0 Å². The largest absolute Gasteiger partial charge is 0.460 e. The first-order valence-corrected chi connectivity index (χ1v) is 15.8. The minimum absolute atomic E-state index is 0.0200. The van der Waals surface area contributed by atoms with Gasteiger partial charge >= 0.3 is 5.97 Å². The van der Waals surface area contributed by atoms with Crippen molar-refractivity contribution in [3.63, 3.8) is 0 Å². The second-order valence-corrected chi connectivity index (χ2v) is 12.5. The van der Waals surface area contributed by atoms with Gasteiger partial charge in [0.1, 0.15) is 17.7 Å². The molecule has 3 aliphatic rings. The van der Waals surface area contributed by atoms with Crippen molar-refractivity contribution in [3.8, 4) is 0 Å². The summed E-state index contributed by atoms with van der Waals surface area (Å²) in [6.45, 7) is 12.5. The lowest BCUT2D eigenvalue weighted by Crippen LogP contribution is -2.57. The minimum Gasteiger partial charge on any atom is -0.460 e. The van der Waals surface area contributed by atoms with E-state index in [2.05, 4.69) is 41.3 Å². The molecule has 0 radical (unpaired) electrons. The lowest BCUT2D eigenvalue weighted by Gasteiger charge is -2.37. The van der Waals surface area contributed by atoms with Crippen molar-refractivity contribution < 1.29 is 33.8 Å². The van der Waals surface area contributed by atoms with E-state index in [4.69, 9.17) is 9.47 Å². The van der Waals surface area contributed by atoms with Crippen LogP contribution in [0.3, 0.4) is 0 Å². The number of aliphatic hydroxyl groups excluding tert-OH is 1. The molecule has 3 amide bonds. The number of ether oxygens (including phenoxy) is 2. The van der Waals surface area contributed by atoms with E-state index in [1.807, 2.05) is 0 Å². The summed E-state index contributed by atoms with van der Waals surface area (Å²) in [5.41, 5.74) is -1.16. The van der Waals surface area contributed by atoms with Gasteiger partial charge in [-0.3, -0.25) is 19.2 Å². The molecular formula is C30H46BrN3O7. The Morgan fingerprint density at radius 2 is 2.02 bits per heavy atom. The number of alkyl halides is 1. The van der Waals surface area contributed by atoms with Crippen LogP contribution in [-0.2, 0) is 28.7 Å². The number of carbonyl (C=O) groups is 4. The van der Waals surface area contributed by atoms with Gasteiger partial charge in [0.05, 0.1) is 24.5 Å². The molecule has 2 bridgehead atoms. The maximum Gasteiger partial charge on any atom is 0.312 e. The van der Waals surface area contributed by atoms with Gasteiger partial charge in [-0.2, -0.15) is 0 Å². The third kappa shape index (κ3) is 7.22. The summed E-state index contributed by atoms with van der Waals surface area (Å²) in [5, 5.41) is 12.1. The van der Waals surface area contributed by atoms with Gasteiger partial charge in [0.2, 0.25) is 17.7 Å². The molecule has 11 heteroatoms. The van der Waals surface area contributed by atoms with Crippen molar-refractivity contribution in [2.24, 2.45) is 11.8 Å². The minimum atomic E-state index is -1.16. The van der Waals surface area contributed by atoms with Crippen molar-refractivity contribution in [3.05, 3.63) is 25.3 Å². The molecule has 0 aromatic carbocycles. The fraction of sp³-hybridized carbons (Fsp3) is 0.733. The lowest BCUT2D eigenvalue weighted by atomic mass is 9.70. The molecule has 230 valence electrons. The predicted molar refractivity (Wildman–Crippen MR) is 158 cm³/mol. The SMILES string of the molecule is C=CCCC(=O)NC[C@H](C)OC(=O)[C@@H]1[C@H]2O[C@@]3(CC2Br)[C@H](C(=O)N(CC=C)CCCCC)N(CCCCO)C(=O)[C@@H]13. The first kappa shape index (κ1) is 33.3. The van der Waals surface area contributed by atoms with Gasteiger partial charge in [-0.15, -0.1) is 13.2 Å². The molecule has 7 atom stereocenters. The number of likely N-dealkylation sites (tertiary alicyclic amines) is 1. The summed E-state index contributed by atoms with van der Waals surface area (Å²) < 4.78 is 12.3. The van der Waals surface area contributed by atoms with Crippen LogP contribution in [0.15, 0.2) is 25.3 Å². The Labute approximate surface area is 252 Å². The summed E-state index contributed by atoms with van der Waals surface area (Å²) in [5.74, 6) is -2.96. The quantitative estimate of drug-likeness (QED) is 0.102. The number of fused-ring (bicyclic) bond motifs is 1. The number of carbonyl (C=O) groups excluding carboxylic acids is 4. The fourth-order valence-electron chi connectivity index (χ4n) is 6.38. The molecule has 1 spiro atoms. The zero-order valence-electron chi connectivity index (χ0n) is 24.4. The van der Waals surface area contributed by atoms with Gasteiger partial charge < -0.3 is 29.7 Å². The van der Waals surface area contributed by atoms with Gasteiger partial charge in [-0.1, -0.05) is 47.8 Å². The van der Waals surface area contributed by atoms with Crippen LogP contribution >= 0.6 is 15.9 Å². The molecule has 41 heavy (non-hydrogen) atoms. The zero-order valence-corrected chi connectivity index (χ0v) is 26.0. The number of hydrogen-bond donors (Lipinski definition) is 2. The third-order valence-corrected chi connectivity index (χ3v) is 9.12. The van der Waals surface area contributed by atoms with Crippen LogP contribution in [0.2, 0.25) is 0 Å². The van der Waals surface area contributed by atoms with Crippen LogP contribution in [-0.4, -0.2) is 100 Å². The smallest absolute Gasteiger partial charge is 0.312 e. The number of amides is 3. The summed E-state index contributed by atoms with van der Waals surface area (Å²) in [7, 11) is 0. The molecule has 0 saturated carbocycles. The number of nitrogens with one attached hydrogen (secondary N) is 1. The average Bonchev–Trinajstić information content (AvgIpc) is 3.53. The third-order valence-electron chi connectivity index (χ3n) is 8.27. The topological polar surface area (TPSA) is 125 Å². The number of hydrogen-bond acceptors (Lipinski definition) is 7. The summed E-state index contributed by atoms with van der Waals surface area (Å²) in [4.78, 5) is 56.9. The average molecular weight is 641 g/mol. The van der Waals surface area contributed by atoms with Gasteiger partial charge in [-0.25, -0.2) is 0 Å². The Morgan fingerprint density at radius 3 is 2.68 bits per heavy atom. The molecule has 0 aromatic rings. The normalized spacial score (nSPS) is 28.7. The summed E-state index contributed by atoms with van der Waals surface area (Å²) >= 11 is 3.67. The van der Waals surface area contributed by atoms with Crippen molar-refractivity contribution in [2.75, 3.05) is 32.8 Å². The number of rotatable bonds is 18. The molecule has 3 saturated heterocycles. The van der Waals surface area contributed by atoms with E-state index in [1.54, 1.807) is 28.9 Å². The summed E-state index contributed by atoms with van der Waals surface area (Å²) in [6.07, 6.45) is 7.20. The Bertz CT molecular complexity index is 978. The highest BCUT2D eigenvalue weighted by molar-refractivity contribution is 9.09. The van der Waals surface area contributed by atoms with E-state index in [0.717, 1.165) is 19.3 Å². The van der Waals surface area contributed by atoms with Crippen LogP contribution in [0, 0.1) is 11.8 Å². The van der Waals surface area contributed by atoms with E-state index >= 15 is 0 Å². The van der Waals surface area contributed by atoms with E-state index in [-0.39, 0.29) is 42.2 Å². The molecule has 2 N–H and O–H groups in total. The lowest BCUT2D eigenvalue weighted by molar-refractivity contribution is -0.159. The Morgan fingerprint density at radius 1 is 1.27 bits per heavy atom. The Balaban J connectivity index is 1.85. The monoisotopic (exact) mass is 639 g/mol. The van der Waals surface area contributed by atoms with Crippen molar-refractivity contribution in [1.82, 2.24) is 15.1 Å². The van der Waals surface area contributed by atoms with Crippen molar-refractivity contribution >= 4 is 39.6 Å². The molecule has 1 unspecified atom stereocenters. The van der Waals surface area contributed by atoms with Crippen LogP contribution in [0.25, 0.3) is 0 Å². The molecule has 3 fully saturated rings. The summed E-state index contributed by atoms with van der Waals surface area (Å²) in [6, 6.07) is -0.885. The molecule has 0 aromatic heterocycles. The standard InChI is InChI=1S/C30H46BrN3O7/c1-5-8-10-15-33(14-7-3)28(38)26-30-18-21(31)25(41-30)23(24(30)27(37)34(26)16-11-12-17-35)29(39)40-20(4)19-32-22(36)13-9-6-2/h6-7,20-21,23-26,35H,2-3,5,8-19H2,1,4H3,(H,32,36)/t20-,21?,23-,24+,25-,26-,30+/m0/s1. The fourth-order valence-corrected chi connectivity index (χ4v) is 7.33. The number of nitrogens with zero attached hydrogens (tertiary/aromatic N) is 2.